The van der Waals surface area contributed by atoms with E-state index in [9.17, 15) is 4.79 Å². The van der Waals surface area contributed by atoms with Crippen molar-refractivity contribution in [2.45, 2.75) is 88.6 Å². The molecule has 3 unspecified atom stereocenters. The summed E-state index contributed by atoms with van der Waals surface area (Å²) >= 11 is 0. The summed E-state index contributed by atoms with van der Waals surface area (Å²) in [5, 5.41) is 3.53. The highest BCUT2D eigenvalue weighted by molar-refractivity contribution is 5.85. The molecule has 0 aromatic heterocycles. The zero-order valence-corrected chi connectivity index (χ0v) is 19.0. The number of carbonyl (C=O) groups excluding carboxylic acids is 1. The number of amides is 1. The zero-order valence-electron chi connectivity index (χ0n) is 19.0. The first-order chi connectivity index (χ1) is 15.0. The molecule has 0 heterocycles. The number of hydrogen-bond acceptors (Lipinski definition) is 3. The van der Waals surface area contributed by atoms with Gasteiger partial charge in [-0.25, -0.2) is 0 Å². The number of carbonyl (C=O) groups is 1. The largest absolute Gasteiger partial charge is 0.381 e. The minimum atomic E-state index is -0.192. The van der Waals surface area contributed by atoms with Crippen LogP contribution in [-0.4, -0.2) is 31.2 Å². The lowest BCUT2D eigenvalue weighted by molar-refractivity contribution is -0.164. The Bertz CT molecular complexity index is 865. The predicted octanol–water partition coefficient (Wildman–Crippen LogP) is 4.32. The van der Waals surface area contributed by atoms with E-state index in [4.69, 9.17) is 10.5 Å². The van der Waals surface area contributed by atoms with Crippen LogP contribution in [-0.2, 0) is 14.9 Å². The minimum absolute atomic E-state index is 0.156. The molecule has 5 atom stereocenters. The molecule has 5 saturated carbocycles. The van der Waals surface area contributed by atoms with Crippen molar-refractivity contribution in [1.82, 2.24) is 5.32 Å². The zero-order chi connectivity index (χ0) is 21.3. The van der Waals surface area contributed by atoms with Crippen molar-refractivity contribution in [3.05, 3.63) is 35.9 Å². The van der Waals surface area contributed by atoms with Gasteiger partial charge in [-0.3, -0.25) is 4.79 Å². The van der Waals surface area contributed by atoms with Crippen molar-refractivity contribution in [3.63, 3.8) is 0 Å². The highest BCUT2D eigenvalue weighted by atomic mass is 16.5. The molecule has 0 saturated heterocycles. The van der Waals surface area contributed by atoms with E-state index in [-0.39, 0.29) is 21.7 Å². The molecular weight excluding hydrogens is 384 g/mol. The van der Waals surface area contributed by atoms with Crippen molar-refractivity contribution in [3.8, 4) is 0 Å². The third-order valence-electron chi connectivity index (χ3n) is 10.3. The van der Waals surface area contributed by atoms with E-state index in [1.165, 1.54) is 24.8 Å². The summed E-state index contributed by atoms with van der Waals surface area (Å²) in [6.45, 7) is 3.78. The van der Waals surface area contributed by atoms with Crippen LogP contribution in [0, 0.1) is 22.2 Å². The molecular formula is C27H38N2O2. The van der Waals surface area contributed by atoms with E-state index in [0.717, 1.165) is 58.2 Å². The fourth-order valence-corrected chi connectivity index (χ4v) is 9.47. The summed E-state index contributed by atoms with van der Waals surface area (Å²) in [6, 6.07) is 11.8. The average Bonchev–Trinajstić information content (AvgIpc) is 3.07. The van der Waals surface area contributed by atoms with Crippen LogP contribution < -0.4 is 11.1 Å². The van der Waals surface area contributed by atoms with Crippen LogP contribution >= 0.6 is 0 Å². The standard InChI is InChI=1S/C27H38N2O2/c1-2-31-18-25-13-19-12-24(23(30)29-22-10-8-21(28)9-11-22)15-26(17-25,27(25,14-19)16-24)20-6-4-3-5-7-20/h3-7,19,21-22H,2,8-18,28H2,1H3,(H,29,30)/t19?,21?,22?,24?,25-,26-,27?/m1/s1. The van der Waals surface area contributed by atoms with Crippen LogP contribution in [0.15, 0.2) is 30.3 Å². The van der Waals surface area contributed by atoms with Crippen LogP contribution in [0.5, 0.6) is 0 Å². The lowest BCUT2D eigenvalue weighted by Gasteiger charge is -2.67. The van der Waals surface area contributed by atoms with Crippen LogP contribution in [0.3, 0.4) is 0 Å². The average molecular weight is 423 g/mol. The number of ether oxygens (including phenoxy) is 1. The Labute approximate surface area is 186 Å². The second kappa shape index (κ2) is 6.81. The van der Waals surface area contributed by atoms with Gasteiger partial charge < -0.3 is 15.8 Å². The molecule has 5 fully saturated rings. The molecule has 6 rings (SSSR count). The summed E-state index contributed by atoms with van der Waals surface area (Å²) in [4.78, 5) is 13.9. The maximum atomic E-state index is 13.9. The van der Waals surface area contributed by atoms with Crippen molar-refractivity contribution < 1.29 is 9.53 Å². The number of hydrogen-bond donors (Lipinski definition) is 2. The smallest absolute Gasteiger partial charge is 0.226 e. The second-order valence-corrected chi connectivity index (χ2v) is 11.8. The Balaban J connectivity index is 1.35. The SMILES string of the molecule is CCOC[C@]12CC3CC4(C(=O)NC5CCC(N)CC5)CC1(C3)[C@](c1ccccc1)(C4)C2. The predicted molar refractivity (Wildman–Crippen MR) is 121 cm³/mol. The summed E-state index contributed by atoms with van der Waals surface area (Å²) in [5.41, 5.74) is 8.07. The quantitative estimate of drug-likeness (QED) is 0.718. The van der Waals surface area contributed by atoms with Gasteiger partial charge in [0.1, 0.15) is 0 Å². The maximum Gasteiger partial charge on any atom is 0.226 e. The summed E-state index contributed by atoms with van der Waals surface area (Å²) in [6.07, 6.45) is 11.1. The van der Waals surface area contributed by atoms with Gasteiger partial charge in [-0.15, -0.1) is 0 Å². The van der Waals surface area contributed by atoms with Gasteiger partial charge >= 0.3 is 0 Å². The van der Waals surface area contributed by atoms with Gasteiger partial charge in [-0.1, -0.05) is 30.3 Å². The molecule has 5 aliphatic rings. The molecule has 168 valence electrons. The maximum absolute atomic E-state index is 13.9. The first-order valence-corrected chi connectivity index (χ1v) is 12.7. The van der Waals surface area contributed by atoms with Gasteiger partial charge in [-0.2, -0.15) is 0 Å². The lowest BCUT2D eigenvalue weighted by Crippen LogP contribution is -2.64. The summed E-state index contributed by atoms with van der Waals surface area (Å²) < 4.78 is 6.11. The van der Waals surface area contributed by atoms with Crippen LogP contribution in [0.4, 0.5) is 0 Å². The van der Waals surface area contributed by atoms with E-state index >= 15 is 0 Å². The molecule has 0 radical (unpaired) electrons. The lowest BCUT2D eigenvalue weighted by atomic mass is 9.37. The summed E-state index contributed by atoms with van der Waals surface area (Å²) in [5.74, 6) is 1.03. The molecule has 1 aromatic rings. The van der Waals surface area contributed by atoms with Crippen LogP contribution in [0.2, 0.25) is 0 Å². The fraction of sp³-hybridized carbons (Fsp3) is 0.741. The number of nitrogens with two attached hydrogens (primary N) is 1. The van der Waals surface area contributed by atoms with E-state index in [0.29, 0.717) is 23.9 Å². The molecule has 3 N–H and O–H groups in total. The third kappa shape index (κ3) is 2.58. The second-order valence-electron chi connectivity index (χ2n) is 11.8. The molecule has 31 heavy (non-hydrogen) atoms. The number of rotatable bonds is 6. The van der Waals surface area contributed by atoms with Gasteiger partial charge in [0.2, 0.25) is 5.91 Å². The van der Waals surface area contributed by atoms with Gasteiger partial charge in [-0.05, 0) is 88.0 Å². The molecule has 0 aliphatic heterocycles. The number of benzene rings is 1. The molecule has 5 aliphatic carbocycles. The Hall–Kier alpha value is -1.39. The Kier molecular flexibility index (Phi) is 4.44. The monoisotopic (exact) mass is 422 g/mol. The molecule has 1 aromatic carbocycles. The Morgan fingerprint density at radius 2 is 1.84 bits per heavy atom. The molecule has 4 heteroatoms. The van der Waals surface area contributed by atoms with E-state index < -0.39 is 0 Å². The minimum Gasteiger partial charge on any atom is -0.381 e. The van der Waals surface area contributed by atoms with E-state index in [1.54, 1.807) is 0 Å². The topological polar surface area (TPSA) is 64.3 Å². The van der Waals surface area contributed by atoms with Crippen molar-refractivity contribution in [2.75, 3.05) is 13.2 Å². The van der Waals surface area contributed by atoms with Gasteiger partial charge in [0.05, 0.1) is 12.0 Å². The van der Waals surface area contributed by atoms with Crippen LogP contribution in [0.25, 0.3) is 0 Å². The highest BCUT2D eigenvalue weighted by Gasteiger charge is 2.85. The first kappa shape index (κ1) is 20.2. The van der Waals surface area contributed by atoms with Crippen molar-refractivity contribution >= 4 is 5.91 Å². The van der Waals surface area contributed by atoms with Gasteiger partial charge in [0, 0.05) is 29.5 Å². The summed E-state index contributed by atoms with van der Waals surface area (Å²) in [7, 11) is 0. The van der Waals surface area contributed by atoms with Crippen LogP contribution in [0.1, 0.15) is 76.7 Å². The highest BCUT2D eigenvalue weighted by Crippen LogP contribution is 2.88. The van der Waals surface area contributed by atoms with Crippen molar-refractivity contribution in [1.29, 1.82) is 0 Å². The Morgan fingerprint density at radius 3 is 2.58 bits per heavy atom. The fourth-order valence-electron chi connectivity index (χ4n) is 9.47. The van der Waals surface area contributed by atoms with Gasteiger partial charge in [0.25, 0.3) is 0 Å². The van der Waals surface area contributed by atoms with E-state index in [2.05, 4.69) is 42.6 Å². The molecule has 1 spiro atoms. The molecule has 3 bridgehead atoms. The number of fused-ring (bicyclic) bond motifs is 2. The Morgan fingerprint density at radius 1 is 1.06 bits per heavy atom. The molecule has 4 nitrogen and oxygen atoms in total. The van der Waals surface area contributed by atoms with Crippen molar-refractivity contribution in [2.24, 2.45) is 27.9 Å². The normalized spacial score (nSPS) is 47.1. The number of nitrogens with one attached hydrogen (secondary N) is 1. The third-order valence-corrected chi connectivity index (χ3v) is 10.3. The van der Waals surface area contributed by atoms with E-state index in [1.807, 2.05) is 0 Å². The molecule has 1 amide bonds. The first-order valence-electron chi connectivity index (χ1n) is 12.7. The van der Waals surface area contributed by atoms with Gasteiger partial charge in [0.15, 0.2) is 0 Å².